The number of benzene rings is 1. The highest BCUT2D eigenvalue weighted by Crippen LogP contribution is 2.33. The largest absolute Gasteiger partial charge is 0.481 e. The number of rotatable bonds is 5. The molecule has 5 heteroatoms. The van der Waals surface area contributed by atoms with Crippen molar-refractivity contribution in [3.63, 3.8) is 0 Å². The van der Waals surface area contributed by atoms with Crippen LogP contribution in [-0.2, 0) is 21.1 Å². The summed E-state index contributed by atoms with van der Waals surface area (Å²) < 4.78 is 25.3. The van der Waals surface area contributed by atoms with Gasteiger partial charge >= 0.3 is 5.97 Å². The summed E-state index contributed by atoms with van der Waals surface area (Å²) >= 11 is 0. The standard InChI is InChI=1S/C16H22O4S/c1-2-12-4-3-5-15(10-12)21(19,20)14-8-6-13(7-9-14)11-16(17)18/h6-9,12,15H,2-5,10-11H2,1H3,(H,17,18). The summed E-state index contributed by atoms with van der Waals surface area (Å²) in [6, 6.07) is 6.29. The molecule has 1 aliphatic carbocycles. The predicted molar refractivity (Wildman–Crippen MR) is 81.0 cm³/mol. The third-order valence-corrected chi connectivity index (χ3v) is 6.59. The van der Waals surface area contributed by atoms with Crippen LogP contribution in [0.1, 0.15) is 44.6 Å². The summed E-state index contributed by atoms with van der Waals surface area (Å²) in [5, 5.41) is 8.45. The van der Waals surface area contributed by atoms with Crippen LogP contribution in [0.4, 0.5) is 0 Å². The number of carbonyl (C=O) groups is 1. The molecule has 0 bridgehead atoms. The molecular weight excluding hydrogens is 288 g/mol. The Labute approximate surface area is 126 Å². The summed E-state index contributed by atoms with van der Waals surface area (Å²) in [6.07, 6.45) is 4.52. The first-order valence-electron chi connectivity index (χ1n) is 7.48. The van der Waals surface area contributed by atoms with Crippen molar-refractivity contribution in [1.29, 1.82) is 0 Å². The van der Waals surface area contributed by atoms with Gasteiger partial charge in [0.1, 0.15) is 0 Å². The number of hydrogen-bond acceptors (Lipinski definition) is 3. The number of carboxylic acid groups (broad SMARTS) is 1. The topological polar surface area (TPSA) is 71.4 Å². The highest BCUT2D eigenvalue weighted by atomic mass is 32.2. The Bertz CT molecular complexity index is 589. The monoisotopic (exact) mass is 310 g/mol. The van der Waals surface area contributed by atoms with Crippen LogP contribution >= 0.6 is 0 Å². The van der Waals surface area contributed by atoms with E-state index in [-0.39, 0.29) is 11.7 Å². The minimum absolute atomic E-state index is 0.0817. The Morgan fingerprint density at radius 3 is 2.48 bits per heavy atom. The molecule has 1 fully saturated rings. The first-order chi connectivity index (χ1) is 9.93. The molecule has 1 aromatic rings. The zero-order valence-corrected chi connectivity index (χ0v) is 13.1. The van der Waals surface area contributed by atoms with E-state index in [1.54, 1.807) is 24.3 Å². The normalized spacial score (nSPS) is 22.9. The second-order valence-electron chi connectivity index (χ2n) is 5.82. The summed E-state index contributed by atoms with van der Waals surface area (Å²) in [7, 11) is -3.30. The van der Waals surface area contributed by atoms with Gasteiger partial charge in [-0.1, -0.05) is 38.3 Å². The summed E-state index contributed by atoms with van der Waals surface area (Å²) in [5.41, 5.74) is 0.622. The van der Waals surface area contributed by atoms with Gasteiger partial charge < -0.3 is 5.11 Å². The van der Waals surface area contributed by atoms with Gasteiger partial charge in [-0.2, -0.15) is 0 Å². The molecule has 2 rings (SSSR count). The van der Waals surface area contributed by atoms with E-state index >= 15 is 0 Å². The SMILES string of the molecule is CCC1CCCC(S(=O)(=O)c2ccc(CC(=O)O)cc2)C1. The van der Waals surface area contributed by atoms with Gasteiger partial charge in [-0.3, -0.25) is 4.79 Å². The van der Waals surface area contributed by atoms with Crippen molar-refractivity contribution in [3.05, 3.63) is 29.8 Å². The average Bonchev–Trinajstić information content (AvgIpc) is 2.47. The van der Waals surface area contributed by atoms with Gasteiger partial charge in [-0.05, 0) is 36.5 Å². The Morgan fingerprint density at radius 1 is 1.24 bits per heavy atom. The molecule has 0 heterocycles. The van der Waals surface area contributed by atoms with E-state index in [1.165, 1.54) is 0 Å². The van der Waals surface area contributed by atoms with Crippen molar-refractivity contribution in [1.82, 2.24) is 0 Å². The van der Waals surface area contributed by atoms with E-state index in [0.29, 0.717) is 16.4 Å². The molecule has 116 valence electrons. The fourth-order valence-corrected chi connectivity index (χ4v) is 4.96. The Balaban J connectivity index is 2.17. The first-order valence-corrected chi connectivity index (χ1v) is 9.02. The minimum Gasteiger partial charge on any atom is -0.481 e. The second kappa shape index (κ2) is 6.60. The van der Waals surface area contributed by atoms with Gasteiger partial charge in [0.15, 0.2) is 9.84 Å². The van der Waals surface area contributed by atoms with Crippen molar-refractivity contribution < 1.29 is 18.3 Å². The molecule has 1 N–H and O–H groups in total. The van der Waals surface area contributed by atoms with Crippen LogP contribution in [0.5, 0.6) is 0 Å². The van der Waals surface area contributed by atoms with Crippen molar-refractivity contribution >= 4 is 15.8 Å². The smallest absolute Gasteiger partial charge is 0.307 e. The number of aliphatic carboxylic acids is 1. The zero-order valence-electron chi connectivity index (χ0n) is 12.3. The molecule has 1 saturated carbocycles. The summed E-state index contributed by atoms with van der Waals surface area (Å²) in [4.78, 5) is 11.0. The lowest BCUT2D eigenvalue weighted by atomic mass is 9.87. The van der Waals surface area contributed by atoms with Crippen LogP contribution < -0.4 is 0 Å². The lowest BCUT2D eigenvalue weighted by Crippen LogP contribution is -2.28. The molecule has 0 radical (unpaired) electrons. The third kappa shape index (κ3) is 3.84. The molecule has 21 heavy (non-hydrogen) atoms. The summed E-state index contributed by atoms with van der Waals surface area (Å²) in [5.74, 6) is -0.409. The van der Waals surface area contributed by atoms with E-state index in [1.807, 2.05) is 0 Å². The molecule has 0 aliphatic heterocycles. The van der Waals surface area contributed by atoms with Gasteiger partial charge in [-0.25, -0.2) is 8.42 Å². The lowest BCUT2D eigenvalue weighted by molar-refractivity contribution is -0.136. The van der Waals surface area contributed by atoms with Crippen molar-refractivity contribution in [3.8, 4) is 0 Å². The van der Waals surface area contributed by atoms with Crippen molar-refractivity contribution in [2.24, 2.45) is 5.92 Å². The summed E-state index contributed by atoms with van der Waals surface area (Å²) in [6.45, 7) is 2.11. The molecule has 0 aromatic heterocycles. The minimum atomic E-state index is -3.30. The van der Waals surface area contributed by atoms with E-state index in [9.17, 15) is 13.2 Å². The van der Waals surface area contributed by atoms with Gasteiger partial charge in [0.2, 0.25) is 0 Å². The van der Waals surface area contributed by atoms with E-state index in [2.05, 4.69) is 6.92 Å². The molecule has 2 unspecified atom stereocenters. The number of hydrogen-bond donors (Lipinski definition) is 1. The van der Waals surface area contributed by atoms with Gasteiger partial charge in [0.05, 0.1) is 16.6 Å². The van der Waals surface area contributed by atoms with Gasteiger partial charge in [0, 0.05) is 0 Å². The molecule has 0 saturated heterocycles. The molecule has 0 amide bonds. The Kier molecular flexibility index (Phi) is 5.04. The van der Waals surface area contributed by atoms with Crippen LogP contribution in [0, 0.1) is 5.92 Å². The number of carboxylic acids is 1. The maximum absolute atomic E-state index is 12.7. The number of sulfone groups is 1. The quantitative estimate of drug-likeness (QED) is 0.907. The van der Waals surface area contributed by atoms with Crippen LogP contribution in [0.3, 0.4) is 0 Å². The van der Waals surface area contributed by atoms with E-state index < -0.39 is 15.8 Å². The first kappa shape index (κ1) is 16.0. The Hall–Kier alpha value is -1.36. The molecule has 2 atom stereocenters. The zero-order chi connectivity index (χ0) is 15.5. The molecular formula is C16H22O4S. The van der Waals surface area contributed by atoms with Crippen LogP contribution in [-0.4, -0.2) is 24.7 Å². The molecule has 4 nitrogen and oxygen atoms in total. The highest BCUT2D eigenvalue weighted by molar-refractivity contribution is 7.92. The molecule has 1 aliphatic rings. The van der Waals surface area contributed by atoms with Crippen LogP contribution in [0.25, 0.3) is 0 Å². The Morgan fingerprint density at radius 2 is 1.90 bits per heavy atom. The molecule has 0 spiro atoms. The second-order valence-corrected chi connectivity index (χ2v) is 8.05. The van der Waals surface area contributed by atoms with Crippen LogP contribution in [0.15, 0.2) is 29.2 Å². The van der Waals surface area contributed by atoms with Crippen molar-refractivity contribution in [2.45, 2.75) is 55.6 Å². The average molecular weight is 310 g/mol. The van der Waals surface area contributed by atoms with Crippen LogP contribution in [0.2, 0.25) is 0 Å². The predicted octanol–water partition coefficient (Wildman–Crippen LogP) is 3.06. The third-order valence-electron chi connectivity index (χ3n) is 4.36. The maximum atomic E-state index is 12.7. The molecule has 1 aromatic carbocycles. The maximum Gasteiger partial charge on any atom is 0.307 e. The fourth-order valence-electron chi connectivity index (χ4n) is 3.06. The van der Waals surface area contributed by atoms with Crippen molar-refractivity contribution in [2.75, 3.05) is 0 Å². The van der Waals surface area contributed by atoms with E-state index in [4.69, 9.17) is 5.11 Å². The highest BCUT2D eigenvalue weighted by Gasteiger charge is 2.32. The van der Waals surface area contributed by atoms with Gasteiger partial charge in [-0.15, -0.1) is 0 Å². The van der Waals surface area contributed by atoms with Gasteiger partial charge in [0.25, 0.3) is 0 Å². The van der Waals surface area contributed by atoms with E-state index in [0.717, 1.165) is 32.1 Å². The lowest BCUT2D eigenvalue weighted by Gasteiger charge is -2.28. The fraction of sp³-hybridized carbons (Fsp3) is 0.562.